The Balaban J connectivity index is 1.57. The number of nitrogens with one attached hydrogen (secondary N) is 1. The van der Waals surface area contributed by atoms with Crippen LogP contribution in [0.15, 0.2) is 29.3 Å². The Morgan fingerprint density at radius 1 is 1.44 bits per heavy atom. The van der Waals surface area contributed by atoms with Gasteiger partial charge in [-0.05, 0) is 24.1 Å². The Morgan fingerprint density at radius 3 is 3.04 bits per heavy atom. The van der Waals surface area contributed by atoms with Gasteiger partial charge in [0.1, 0.15) is 12.4 Å². The van der Waals surface area contributed by atoms with E-state index in [0.29, 0.717) is 24.6 Å². The molecule has 1 unspecified atom stereocenters. The van der Waals surface area contributed by atoms with Crippen LogP contribution in [0.25, 0.3) is 10.9 Å². The zero-order chi connectivity index (χ0) is 19.4. The van der Waals surface area contributed by atoms with Crippen molar-refractivity contribution < 1.29 is 13.9 Å². The molecule has 1 aromatic carbocycles. The fraction of sp³-hybridized carbons (Fsp3) is 0.526. The first-order chi connectivity index (χ1) is 12.9. The van der Waals surface area contributed by atoms with Gasteiger partial charge in [-0.1, -0.05) is 13.8 Å². The van der Waals surface area contributed by atoms with E-state index in [9.17, 15) is 14.0 Å². The van der Waals surface area contributed by atoms with Crippen molar-refractivity contribution in [3.8, 4) is 0 Å². The standard InChI is InChI=1S/C19H25FN4O3/c1-13(2)9-23-5-6-27-15(10-23)8-21-18(25)11-24-12-22-17-4-3-14(20)7-16(17)19(24)26/h3-4,7,12-13,15H,5-6,8-11H2,1-2H3,(H,21,25). The summed E-state index contributed by atoms with van der Waals surface area (Å²) in [6.07, 6.45) is 1.24. The maximum atomic E-state index is 13.4. The van der Waals surface area contributed by atoms with Gasteiger partial charge in [0, 0.05) is 26.2 Å². The number of morpholine rings is 1. The van der Waals surface area contributed by atoms with E-state index < -0.39 is 11.4 Å². The van der Waals surface area contributed by atoms with E-state index in [0.717, 1.165) is 25.7 Å². The van der Waals surface area contributed by atoms with Crippen molar-refractivity contribution in [2.24, 2.45) is 5.92 Å². The van der Waals surface area contributed by atoms with Gasteiger partial charge in [0.25, 0.3) is 5.56 Å². The summed E-state index contributed by atoms with van der Waals surface area (Å²) in [6, 6.07) is 3.83. The van der Waals surface area contributed by atoms with Crippen LogP contribution in [-0.4, -0.2) is 59.2 Å². The molecular formula is C19H25FN4O3. The second-order valence-electron chi connectivity index (χ2n) is 7.29. The second kappa shape index (κ2) is 8.58. The maximum absolute atomic E-state index is 13.4. The van der Waals surface area contributed by atoms with Gasteiger partial charge in [0.2, 0.25) is 5.91 Å². The van der Waals surface area contributed by atoms with Crippen molar-refractivity contribution in [2.75, 3.05) is 32.8 Å². The molecule has 0 radical (unpaired) electrons. The predicted molar refractivity (Wildman–Crippen MR) is 100.0 cm³/mol. The Hall–Kier alpha value is -2.32. The number of hydrogen-bond acceptors (Lipinski definition) is 5. The Kier molecular flexibility index (Phi) is 6.18. The molecule has 0 aliphatic carbocycles. The molecule has 1 aliphatic rings. The van der Waals surface area contributed by atoms with Crippen LogP contribution in [0.1, 0.15) is 13.8 Å². The summed E-state index contributed by atoms with van der Waals surface area (Å²) in [5, 5.41) is 2.97. The summed E-state index contributed by atoms with van der Waals surface area (Å²) in [6.45, 7) is 7.89. The molecule has 27 heavy (non-hydrogen) atoms. The average molecular weight is 376 g/mol. The first-order valence-electron chi connectivity index (χ1n) is 9.17. The lowest BCUT2D eigenvalue weighted by Crippen LogP contribution is -2.48. The zero-order valence-corrected chi connectivity index (χ0v) is 15.7. The van der Waals surface area contributed by atoms with Gasteiger partial charge < -0.3 is 10.1 Å². The quantitative estimate of drug-likeness (QED) is 0.814. The van der Waals surface area contributed by atoms with E-state index in [1.165, 1.54) is 23.0 Å². The van der Waals surface area contributed by atoms with Crippen molar-refractivity contribution in [1.82, 2.24) is 19.8 Å². The smallest absolute Gasteiger partial charge is 0.261 e. The number of nitrogens with zero attached hydrogens (tertiary/aromatic N) is 3. The SMILES string of the molecule is CC(C)CN1CCOC(CNC(=O)Cn2cnc3ccc(F)cc3c2=O)C1. The number of halogens is 1. The summed E-state index contributed by atoms with van der Waals surface area (Å²) in [7, 11) is 0. The molecule has 1 atom stereocenters. The maximum Gasteiger partial charge on any atom is 0.261 e. The molecule has 1 saturated heterocycles. The fourth-order valence-corrected chi connectivity index (χ4v) is 3.27. The molecule has 8 heteroatoms. The Labute approximate surface area is 157 Å². The minimum absolute atomic E-state index is 0.0676. The molecule has 1 aromatic heterocycles. The van der Waals surface area contributed by atoms with Crippen molar-refractivity contribution >= 4 is 16.8 Å². The lowest BCUT2D eigenvalue weighted by molar-refractivity contribution is -0.123. The molecule has 0 saturated carbocycles. The number of ether oxygens (including phenoxy) is 1. The van der Waals surface area contributed by atoms with Crippen molar-refractivity contribution in [3.05, 3.63) is 40.7 Å². The highest BCUT2D eigenvalue weighted by Crippen LogP contribution is 2.09. The summed E-state index contributed by atoms with van der Waals surface area (Å²) in [5.74, 6) is -0.237. The fourth-order valence-electron chi connectivity index (χ4n) is 3.27. The molecule has 1 fully saturated rings. The van der Waals surface area contributed by atoms with E-state index in [-0.39, 0.29) is 23.9 Å². The number of aromatic nitrogens is 2. The molecule has 0 bridgehead atoms. The second-order valence-corrected chi connectivity index (χ2v) is 7.29. The van der Waals surface area contributed by atoms with Crippen LogP contribution in [0.2, 0.25) is 0 Å². The number of fused-ring (bicyclic) bond motifs is 1. The number of carbonyl (C=O) groups excluding carboxylic acids is 1. The first kappa shape index (κ1) is 19.4. The minimum atomic E-state index is -0.510. The van der Waals surface area contributed by atoms with E-state index in [1.54, 1.807) is 0 Å². The topological polar surface area (TPSA) is 76.5 Å². The van der Waals surface area contributed by atoms with Gasteiger partial charge in [-0.25, -0.2) is 9.37 Å². The average Bonchev–Trinajstić information content (AvgIpc) is 2.62. The zero-order valence-electron chi connectivity index (χ0n) is 15.7. The number of hydrogen-bond donors (Lipinski definition) is 1. The largest absolute Gasteiger partial charge is 0.374 e. The van der Waals surface area contributed by atoms with Crippen molar-refractivity contribution in [2.45, 2.75) is 26.5 Å². The summed E-state index contributed by atoms with van der Waals surface area (Å²) >= 11 is 0. The molecule has 1 aliphatic heterocycles. The molecule has 7 nitrogen and oxygen atoms in total. The highest BCUT2D eigenvalue weighted by Gasteiger charge is 2.21. The van der Waals surface area contributed by atoms with Crippen molar-refractivity contribution in [1.29, 1.82) is 0 Å². The van der Waals surface area contributed by atoms with Crippen LogP contribution in [-0.2, 0) is 16.1 Å². The van der Waals surface area contributed by atoms with Gasteiger partial charge in [-0.3, -0.25) is 19.1 Å². The third kappa shape index (κ3) is 5.11. The number of carbonyl (C=O) groups is 1. The molecule has 146 valence electrons. The predicted octanol–water partition coefficient (Wildman–Crippen LogP) is 1.01. The van der Waals surface area contributed by atoms with Gasteiger partial charge in [-0.15, -0.1) is 0 Å². The molecule has 2 heterocycles. The van der Waals surface area contributed by atoms with Crippen LogP contribution in [0.3, 0.4) is 0 Å². The van der Waals surface area contributed by atoms with Crippen LogP contribution in [0.4, 0.5) is 4.39 Å². The van der Waals surface area contributed by atoms with Gasteiger partial charge >= 0.3 is 0 Å². The van der Waals surface area contributed by atoms with E-state index >= 15 is 0 Å². The lowest BCUT2D eigenvalue weighted by atomic mass is 10.2. The normalized spacial score (nSPS) is 18.1. The van der Waals surface area contributed by atoms with E-state index in [4.69, 9.17) is 4.74 Å². The highest BCUT2D eigenvalue weighted by atomic mass is 19.1. The third-order valence-corrected chi connectivity index (χ3v) is 4.47. The van der Waals surface area contributed by atoms with Crippen LogP contribution >= 0.6 is 0 Å². The number of rotatable bonds is 6. The Morgan fingerprint density at radius 2 is 2.26 bits per heavy atom. The molecule has 1 amide bonds. The molecule has 3 rings (SSSR count). The van der Waals surface area contributed by atoms with Gasteiger partial charge in [0.05, 0.1) is 29.9 Å². The number of amides is 1. The van der Waals surface area contributed by atoms with Gasteiger partial charge in [-0.2, -0.15) is 0 Å². The summed E-state index contributed by atoms with van der Waals surface area (Å²) < 4.78 is 20.3. The first-order valence-corrected chi connectivity index (χ1v) is 9.17. The number of benzene rings is 1. The molecule has 2 aromatic rings. The van der Waals surface area contributed by atoms with Crippen LogP contribution < -0.4 is 10.9 Å². The minimum Gasteiger partial charge on any atom is -0.374 e. The molecule has 1 N–H and O–H groups in total. The van der Waals surface area contributed by atoms with Gasteiger partial charge in [0.15, 0.2) is 0 Å². The molecular weight excluding hydrogens is 351 g/mol. The highest BCUT2D eigenvalue weighted by molar-refractivity contribution is 5.79. The summed E-state index contributed by atoms with van der Waals surface area (Å²) in [4.78, 5) is 31.1. The van der Waals surface area contributed by atoms with Crippen LogP contribution in [0, 0.1) is 11.7 Å². The molecule has 0 spiro atoms. The van der Waals surface area contributed by atoms with Crippen molar-refractivity contribution in [3.63, 3.8) is 0 Å². The Bertz CT molecular complexity index is 868. The van der Waals surface area contributed by atoms with E-state index in [2.05, 4.69) is 29.0 Å². The third-order valence-electron chi connectivity index (χ3n) is 4.47. The lowest BCUT2D eigenvalue weighted by Gasteiger charge is -2.33. The van der Waals surface area contributed by atoms with E-state index in [1.807, 2.05) is 0 Å². The summed E-state index contributed by atoms with van der Waals surface area (Å²) in [5.41, 5.74) is -0.0365. The van der Waals surface area contributed by atoms with Crippen LogP contribution in [0.5, 0.6) is 0 Å². The monoisotopic (exact) mass is 376 g/mol.